The zero-order valence-electron chi connectivity index (χ0n) is 20.9. The molecule has 1 aliphatic carbocycles. The van der Waals surface area contributed by atoms with Gasteiger partial charge in [-0.1, -0.05) is 86.8 Å². The Kier molecular flexibility index (Phi) is 9.88. The third-order valence-electron chi connectivity index (χ3n) is 6.93. The lowest BCUT2D eigenvalue weighted by molar-refractivity contribution is -0.143. The first-order valence-electron chi connectivity index (χ1n) is 12.8. The Labute approximate surface area is 208 Å². The lowest BCUT2D eigenvalue weighted by Gasteiger charge is -2.29. The highest BCUT2D eigenvalue weighted by molar-refractivity contribution is 6.38. The number of hydrogen-bond donors (Lipinski definition) is 2. The maximum atomic E-state index is 12.9. The average Bonchev–Trinajstić information content (AvgIpc) is 3.34. The SMILES string of the molecule is CCCC[C@H](OC(=O)NCC1(Cc2ccccc2)CCCC1)C(=O)C(=O)N[C@H](C)c1ccccc1. The van der Waals surface area contributed by atoms with Crippen molar-refractivity contribution in [2.75, 3.05) is 6.54 Å². The van der Waals surface area contributed by atoms with Gasteiger partial charge in [-0.2, -0.15) is 0 Å². The second kappa shape index (κ2) is 13.1. The molecule has 1 aliphatic rings. The first kappa shape index (κ1) is 26.5. The van der Waals surface area contributed by atoms with E-state index in [4.69, 9.17) is 4.74 Å². The minimum atomic E-state index is -1.09. The Balaban J connectivity index is 1.58. The summed E-state index contributed by atoms with van der Waals surface area (Å²) in [5, 5.41) is 5.64. The second-order valence-electron chi connectivity index (χ2n) is 9.73. The fraction of sp³-hybridized carbons (Fsp3) is 0.483. The third kappa shape index (κ3) is 7.94. The van der Waals surface area contributed by atoms with E-state index < -0.39 is 23.9 Å². The molecule has 0 saturated heterocycles. The molecule has 2 N–H and O–H groups in total. The van der Waals surface area contributed by atoms with Crippen LogP contribution in [0.4, 0.5) is 4.79 Å². The molecule has 188 valence electrons. The summed E-state index contributed by atoms with van der Waals surface area (Å²) < 4.78 is 5.52. The minimum absolute atomic E-state index is 0.00815. The van der Waals surface area contributed by atoms with Gasteiger partial charge in [0.2, 0.25) is 0 Å². The summed E-state index contributed by atoms with van der Waals surface area (Å²) in [7, 11) is 0. The van der Waals surface area contributed by atoms with E-state index >= 15 is 0 Å². The van der Waals surface area contributed by atoms with Crippen molar-refractivity contribution in [3.05, 3.63) is 71.8 Å². The number of alkyl carbamates (subject to hydrolysis) is 1. The van der Waals surface area contributed by atoms with Crippen LogP contribution in [-0.2, 0) is 20.7 Å². The first-order valence-corrected chi connectivity index (χ1v) is 12.8. The van der Waals surface area contributed by atoms with E-state index in [2.05, 4.69) is 22.8 Å². The van der Waals surface area contributed by atoms with E-state index in [1.165, 1.54) is 5.56 Å². The van der Waals surface area contributed by atoms with Crippen LogP contribution < -0.4 is 10.6 Å². The standard InChI is InChI=1S/C29H38N2O4/c1-3-4-17-25(26(32)27(33)31-22(2)24-15-9-6-10-16-24)35-28(34)30-21-29(18-11-12-19-29)20-23-13-7-5-8-14-23/h5-10,13-16,22,25H,3-4,11-12,17-21H2,1-2H3,(H,30,34)(H,31,33)/t22-,25+/m1/s1. The van der Waals surface area contributed by atoms with Gasteiger partial charge in [0.15, 0.2) is 6.10 Å². The summed E-state index contributed by atoms with van der Waals surface area (Å²) in [6.07, 6.45) is 5.37. The molecule has 0 heterocycles. The van der Waals surface area contributed by atoms with Gasteiger partial charge < -0.3 is 15.4 Å². The molecule has 1 fully saturated rings. The Hall–Kier alpha value is -3.15. The van der Waals surface area contributed by atoms with E-state index in [0.29, 0.717) is 19.4 Å². The van der Waals surface area contributed by atoms with Crippen molar-refractivity contribution in [3.8, 4) is 0 Å². The summed E-state index contributed by atoms with van der Waals surface area (Å²) in [5.74, 6) is -1.44. The normalized spacial score (nSPS) is 16.2. The number of rotatable bonds is 12. The molecule has 0 bridgehead atoms. The molecule has 0 unspecified atom stereocenters. The summed E-state index contributed by atoms with van der Waals surface area (Å²) in [4.78, 5) is 38.3. The summed E-state index contributed by atoms with van der Waals surface area (Å²) in [5.41, 5.74) is 2.15. The third-order valence-corrected chi connectivity index (χ3v) is 6.93. The van der Waals surface area contributed by atoms with Crippen molar-refractivity contribution in [1.82, 2.24) is 10.6 Å². The molecule has 2 aromatic carbocycles. The number of ether oxygens (including phenoxy) is 1. The van der Waals surface area contributed by atoms with Crippen LogP contribution in [0.5, 0.6) is 0 Å². The number of benzene rings is 2. The Morgan fingerprint density at radius 1 is 0.971 bits per heavy atom. The highest BCUT2D eigenvalue weighted by Gasteiger charge is 2.35. The number of unbranched alkanes of at least 4 members (excludes halogenated alkanes) is 1. The van der Waals surface area contributed by atoms with E-state index in [1.54, 1.807) is 0 Å². The molecule has 0 aromatic heterocycles. The molecule has 6 heteroatoms. The molecule has 35 heavy (non-hydrogen) atoms. The number of Topliss-reactive ketones (excluding diaryl/α,β-unsaturated/α-hetero) is 1. The van der Waals surface area contributed by atoms with Crippen LogP contribution in [0.15, 0.2) is 60.7 Å². The summed E-state index contributed by atoms with van der Waals surface area (Å²) >= 11 is 0. The monoisotopic (exact) mass is 478 g/mol. The molecule has 2 amide bonds. The van der Waals surface area contributed by atoms with Crippen molar-refractivity contribution in [2.45, 2.75) is 77.4 Å². The Bertz CT molecular complexity index is 955. The van der Waals surface area contributed by atoms with Gasteiger partial charge in [0.1, 0.15) is 0 Å². The zero-order valence-corrected chi connectivity index (χ0v) is 20.9. The van der Waals surface area contributed by atoms with Gasteiger partial charge in [0.25, 0.3) is 11.7 Å². The molecular weight excluding hydrogens is 440 g/mol. The minimum Gasteiger partial charge on any atom is -0.438 e. The highest BCUT2D eigenvalue weighted by Crippen LogP contribution is 2.40. The van der Waals surface area contributed by atoms with Crippen LogP contribution in [0.3, 0.4) is 0 Å². The molecule has 2 atom stereocenters. The number of carbonyl (C=O) groups is 3. The van der Waals surface area contributed by atoms with E-state index in [9.17, 15) is 14.4 Å². The van der Waals surface area contributed by atoms with Gasteiger partial charge in [0, 0.05) is 6.54 Å². The van der Waals surface area contributed by atoms with Crippen molar-refractivity contribution >= 4 is 17.8 Å². The lowest BCUT2D eigenvalue weighted by Crippen LogP contribution is -2.44. The lowest BCUT2D eigenvalue weighted by atomic mass is 9.80. The molecule has 6 nitrogen and oxygen atoms in total. The van der Waals surface area contributed by atoms with E-state index in [0.717, 1.165) is 44.1 Å². The molecular formula is C29H38N2O4. The van der Waals surface area contributed by atoms with Crippen LogP contribution in [0.2, 0.25) is 0 Å². The van der Waals surface area contributed by atoms with Crippen LogP contribution in [-0.4, -0.2) is 30.4 Å². The smallest absolute Gasteiger partial charge is 0.407 e. The summed E-state index contributed by atoms with van der Waals surface area (Å²) in [6, 6.07) is 19.4. The van der Waals surface area contributed by atoms with Gasteiger partial charge in [-0.3, -0.25) is 9.59 Å². The quantitative estimate of drug-likeness (QED) is 0.393. The van der Waals surface area contributed by atoms with Gasteiger partial charge in [-0.15, -0.1) is 0 Å². The average molecular weight is 479 g/mol. The molecule has 0 radical (unpaired) electrons. The van der Waals surface area contributed by atoms with Gasteiger partial charge >= 0.3 is 6.09 Å². The van der Waals surface area contributed by atoms with Gasteiger partial charge in [0.05, 0.1) is 6.04 Å². The fourth-order valence-electron chi connectivity index (χ4n) is 4.87. The van der Waals surface area contributed by atoms with Crippen molar-refractivity contribution in [3.63, 3.8) is 0 Å². The molecule has 0 spiro atoms. The second-order valence-corrected chi connectivity index (χ2v) is 9.73. The van der Waals surface area contributed by atoms with E-state index in [-0.39, 0.29) is 11.5 Å². The Morgan fingerprint density at radius 3 is 2.23 bits per heavy atom. The van der Waals surface area contributed by atoms with Crippen LogP contribution in [0.1, 0.15) is 76.0 Å². The number of amides is 2. The predicted molar refractivity (Wildman–Crippen MR) is 137 cm³/mol. The first-order chi connectivity index (χ1) is 16.9. The number of carbonyl (C=O) groups excluding carboxylic acids is 3. The Morgan fingerprint density at radius 2 is 1.60 bits per heavy atom. The number of hydrogen-bond acceptors (Lipinski definition) is 4. The molecule has 2 aromatic rings. The number of nitrogens with one attached hydrogen (secondary N) is 2. The predicted octanol–water partition coefficient (Wildman–Crippen LogP) is 5.52. The molecule has 3 rings (SSSR count). The molecule has 1 saturated carbocycles. The van der Waals surface area contributed by atoms with E-state index in [1.807, 2.05) is 62.4 Å². The maximum absolute atomic E-state index is 12.9. The highest BCUT2D eigenvalue weighted by atomic mass is 16.6. The van der Waals surface area contributed by atoms with Crippen molar-refractivity contribution < 1.29 is 19.1 Å². The van der Waals surface area contributed by atoms with Crippen LogP contribution >= 0.6 is 0 Å². The van der Waals surface area contributed by atoms with Gasteiger partial charge in [-0.05, 0) is 55.6 Å². The van der Waals surface area contributed by atoms with Crippen LogP contribution in [0.25, 0.3) is 0 Å². The fourth-order valence-corrected chi connectivity index (χ4v) is 4.87. The molecule has 0 aliphatic heterocycles. The number of ketones is 1. The van der Waals surface area contributed by atoms with Crippen LogP contribution in [0, 0.1) is 5.41 Å². The maximum Gasteiger partial charge on any atom is 0.407 e. The largest absolute Gasteiger partial charge is 0.438 e. The zero-order chi connectivity index (χ0) is 25.1. The van der Waals surface area contributed by atoms with Gasteiger partial charge in [-0.25, -0.2) is 4.79 Å². The van der Waals surface area contributed by atoms with Crippen molar-refractivity contribution in [1.29, 1.82) is 0 Å². The van der Waals surface area contributed by atoms with Crippen molar-refractivity contribution in [2.24, 2.45) is 5.41 Å². The summed E-state index contributed by atoms with van der Waals surface area (Å²) in [6.45, 7) is 4.31. The topological polar surface area (TPSA) is 84.5 Å².